The van der Waals surface area contributed by atoms with E-state index in [0.717, 1.165) is 31.4 Å². The SMILES string of the molecule is COc1ccc(CCC2(N)Cc3ccccc3C2)cc1. The third-order valence-electron chi connectivity index (χ3n) is 4.27. The predicted octanol–water partition coefficient (Wildman–Crippen LogP) is 3.12. The van der Waals surface area contributed by atoms with Crippen molar-refractivity contribution >= 4 is 0 Å². The normalized spacial score (nSPS) is 15.9. The number of fused-ring (bicyclic) bond motifs is 1. The van der Waals surface area contributed by atoms with Crippen LogP contribution >= 0.6 is 0 Å². The summed E-state index contributed by atoms with van der Waals surface area (Å²) in [5.74, 6) is 0.907. The number of hydrogen-bond donors (Lipinski definition) is 1. The van der Waals surface area contributed by atoms with Gasteiger partial charge in [-0.3, -0.25) is 0 Å². The van der Waals surface area contributed by atoms with Crippen molar-refractivity contribution in [1.29, 1.82) is 0 Å². The molecule has 2 aromatic rings. The van der Waals surface area contributed by atoms with Gasteiger partial charge in [0.05, 0.1) is 7.11 Å². The lowest BCUT2D eigenvalue weighted by Gasteiger charge is -2.23. The summed E-state index contributed by atoms with van der Waals surface area (Å²) in [7, 11) is 1.69. The molecule has 0 saturated heterocycles. The van der Waals surface area contributed by atoms with Crippen LogP contribution in [0.5, 0.6) is 5.75 Å². The number of nitrogens with two attached hydrogens (primary N) is 1. The molecule has 0 aromatic heterocycles. The van der Waals surface area contributed by atoms with E-state index in [9.17, 15) is 0 Å². The smallest absolute Gasteiger partial charge is 0.118 e. The quantitative estimate of drug-likeness (QED) is 0.923. The maximum Gasteiger partial charge on any atom is 0.118 e. The Morgan fingerprint density at radius 3 is 2.15 bits per heavy atom. The lowest BCUT2D eigenvalue weighted by molar-refractivity contribution is 0.411. The van der Waals surface area contributed by atoms with E-state index in [1.54, 1.807) is 7.11 Å². The molecule has 2 heteroatoms. The van der Waals surface area contributed by atoms with Crippen LogP contribution in [0, 0.1) is 0 Å². The maximum atomic E-state index is 6.59. The summed E-state index contributed by atoms with van der Waals surface area (Å²) in [6.45, 7) is 0. The van der Waals surface area contributed by atoms with Crippen LogP contribution < -0.4 is 10.5 Å². The van der Waals surface area contributed by atoms with E-state index < -0.39 is 0 Å². The number of aryl methyl sites for hydroxylation is 1. The first-order valence-electron chi connectivity index (χ1n) is 7.17. The Morgan fingerprint density at radius 2 is 1.60 bits per heavy atom. The Kier molecular flexibility index (Phi) is 3.49. The molecule has 0 bridgehead atoms. The molecule has 0 fully saturated rings. The van der Waals surface area contributed by atoms with E-state index in [1.165, 1.54) is 16.7 Å². The molecule has 0 amide bonds. The molecule has 0 heterocycles. The lowest BCUT2D eigenvalue weighted by atomic mass is 9.89. The van der Waals surface area contributed by atoms with Crippen molar-refractivity contribution in [2.75, 3.05) is 7.11 Å². The Labute approximate surface area is 120 Å². The first-order valence-corrected chi connectivity index (χ1v) is 7.17. The summed E-state index contributed by atoms with van der Waals surface area (Å²) in [6, 6.07) is 16.9. The fourth-order valence-electron chi connectivity index (χ4n) is 3.09. The predicted molar refractivity (Wildman–Crippen MR) is 82.1 cm³/mol. The minimum atomic E-state index is -0.0797. The molecule has 2 N–H and O–H groups in total. The molecule has 20 heavy (non-hydrogen) atoms. The van der Waals surface area contributed by atoms with Gasteiger partial charge in [-0.1, -0.05) is 36.4 Å². The van der Waals surface area contributed by atoms with Gasteiger partial charge in [0.25, 0.3) is 0 Å². The third-order valence-corrected chi connectivity index (χ3v) is 4.27. The second-order valence-electron chi connectivity index (χ2n) is 5.83. The highest BCUT2D eigenvalue weighted by Crippen LogP contribution is 2.31. The van der Waals surface area contributed by atoms with Crippen molar-refractivity contribution < 1.29 is 4.74 Å². The Bertz CT molecular complexity index is 564. The minimum Gasteiger partial charge on any atom is -0.497 e. The molecule has 2 aromatic carbocycles. The second kappa shape index (κ2) is 5.29. The van der Waals surface area contributed by atoms with Crippen LogP contribution in [0.15, 0.2) is 48.5 Å². The molecule has 0 spiro atoms. The van der Waals surface area contributed by atoms with Crippen molar-refractivity contribution in [3.8, 4) is 5.75 Å². The maximum absolute atomic E-state index is 6.59. The van der Waals surface area contributed by atoms with E-state index in [1.807, 2.05) is 12.1 Å². The Hall–Kier alpha value is -1.80. The number of benzene rings is 2. The first kappa shape index (κ1) is 13.2. The Morgan fingerprint density at radius 1 is 1.00 bits per heavy atom. The molecule has 0 saturated carbocycles. The van der Waals surface area contributed by atoms with Crippen LogP contribution in [-0.4, -0.2) is 12.6 Å². The average molecular weight is 267 g/mol. The molecule has 0 atom stereocenters. The number of rotatable bonds is 4. The van der Waals surface area contributed by atoms with Crippen LogP contribution in [0.4, 0.5) is 0 Å². The van der Waals surface area contributed by atoms with E-state index in [0.29, 0.717) is 0 Å². The van der Waals surface area contributed by atoms with Crippen LogP contribution in [0.3, 0.4) is 0 Å². The summed E-state index contributed by atoms with van der Waals surface area (Å²) in [5.41, 5.74) is 10.7. The van der Waals surface area contributed by atoms with Gasteiger partial charge in [0.2, 0.25) is 0 Å². The van der Waals surface area contributed by atoms with Gasteiger partial charge in [0.15, 0.2) is 0 Å². The third kappa shape index (κ3) is 2.70. The summed E-state index contributed by atoms with van der Waals surface area (Å²) >= 11 is 0. The molecular formula is C18H21NO. The molecule has 1 aliphatic carbocycles. The monoisotopic (exact) mass is 267 g/mol. The fraction of sp³-hybridized carbons (Fsp3) is 0.333. The summed E-state index contributed by atoms with van der Waals surface area (Å²) < 4.78 is 5.18. The van der Waals surface area contributed by atoms with Gasteiger partial charge >= 0.3 is 0 Å². The summed E-state index contributed by atoms with van der Waals surface area (Å²) in [4.78, 5) is 0. The lowest BCUT2D eigenvalue weighted by Crippen LogP contribution is -2.41. The van der Waals surface area contributed by atoms with E-state index in [2.05, 4.69) is 36.4 Å². The van der Waals surface area contributed by atoms with E-state index in [4.69, 9.17) is 10.5 Å². The molecule has 104 valence electrons. The van der Waals surface area contributed by atoms with Crippen molar-refractivity contribution in [1.82, 2.24) is 0 Å². The van der Waals surface area contributed by atoms with Crippen LogP contribution in [-0.2, 0) is 19.3 Å². The van der Waals surface area contributed by atoms with Crippen molar-refractivity contribution in [3.05, 3.63) is 65.2 Å². The zero-order valence-electron chi connectivity index (χ0n) is 11.9. The number of ether oxygens (including phenoxy) is 1. The average Bonchev–Trinajstić information content (AvgIpc) is 2.82. The molecule has 0 unspecified atom stereocenters. The standard InChI is InChI=1S/C18H21NO/c1-20-17-8-6-14(7-9-17)10-11-18(19)12-15-4-2-3-5-16(15)13-18/h2-9H,10-13,19H2,1H3. The van der Waals surface area contributed by atoms with Gasteiger partial charge < -0.3 is 10.5 Å². The van der Waals surface area contributed by atoms with Gasteiger partial charge in [-0.25, -0.2) is 0 Å². The zero-order valence-corrected chi connectivity index (χ0v) is 11.9. The highest BCUT2D eigenvalue weighted by Gasteiger charge is 2.32. The van der Waals surface area contributed by atoms with E-state index >= 15 is 0 Å². The van der Waals surface area contributed by atoms with Gasteiger partial charge in [0, 0.05) is 5.54 Å². The van der Waals surface area contributed by atoms with Gasteiger partial charge in [-0.05, 0) is 54.5 Å². The minimum absolute atomic E-state index is 0.0797. The second-order valence-corrected chi connectivity index (χ2v) is 5.83. The molecular weight excluding hydrogens is 246 g/mol. The molecule has 0 aliphatic heterocycles. The zero-order chi connectivity index (χ0) is 14.0. The Balaban J connectivity index is 1.64. The highest BCUT2D eigenvalue weighted by molar-refractivity contribution is 5.36. The first-order chi connectivity index (χ1) is 9.68. The van der Waals surface area contributed by atoms with Crippen molar-refractivity contribution in [2.24, 2.45) is 5.73 Å². The largest absolute Gasteiger partial charge is 0.497 e. The van der Waals surface area contributed by atoms with E-state index in [-0.39, 0.29) is 5.54 Å². The van der Waals surface area contributed by atoms with Gasteiger partial charge in [0.1, 0.15) is 5.75 Å². The summed E-state index contributed by atoms with van der Waals surface area (Å²) in [5, 5.41) is 0. The number of methoxy groups -OCH3 is 1. The van der Waals surface area contributed by atoms with Crippen molar-refractivity contribution in [2.45, 2.75) is 31.2 Å². The molecule has 3 rings (SSSR count). The fourth-order valence-corrected chi connectivity index (χ4v) is 3.09. The van der Waals surface area contributed by atoms with Crippen molar-refractivity contribution in [3.63, 3.8) is 0 Å². The topological polar surface area (TPSA) is 35.2 Å². The van der Waals surface area contributed by atoms with Gasteiger partial charge in [-0.2, -0.15) is 0 Å². The highest BCUT2D eigenvalue weighted by atomic mass is 16.5. The molecule has 1 aliphatic rings. The van der Waals surface area contributed by atoms with Crippen LogP contribution in [0.25, 0.3) is 0 Å². The molecule has 2 nitrogen and oxygen atoms in total. The van der Waals surface area contributed by atoms with Gasteiger partial charge in [-0.15, -0.1) is 0 Å². The summed E-state index contributed by atoms with van der Waals surface area (Å²) in [6.07, 6.45) is 4.04. The van der Waals surface area contributed by atoms with Crippen LogP contribution in [0.2, 0.25) is 0 Å². The molecule has 0 radical (unpaired) electrons. The number of hydrogen-bond acceptors (Lipinski definition) is 2. The van der Waals surface area contributed by atoms with Crippen LogP contribution in [0.1, 0.15) is 23.1 Å².